The zero-order chi connectivity index (χ0) is 10.8. The van der Waals surface area contributed by atoms with Gasteiger partial charge in [-0.15, -0.1) is 13.2 Å². The van der Waals surface area contributed by atoms with Crippen molar-refractivity contribution in [2.75, 3.05) is 5.73 Å². The second kappa shape index (κ2) is 4.04. The van der Waals surface area contributed by atoms with Crippen LogP contribution in [0, 0.1) is 0 Å². The summed E-state index contributed by atoms with van der Waals surface area (Å²) in [4.78, 5) is 3.57. The number of nitrogens with zero attached hydrogens (tertiary/aromatic N) is 1. The van der Waals surface area contributed by atoms with Crippen LogP contribution < -0.4 is 10.5 Å². The molecule has 0 fully saturated rings. The minimum absolute atomic E-state index is 0.0609. The van der Waals surface area contributed by atoms with E-state index in [1.54, 1.807) is 0 Å². The normalized spacial score (nSPS) is 11.4. The molecule has 0 bridgehead atoms. The van der Waals surface area contributed by atoms with Crippen LogP contribution in [0.25, 0.3) is 0 Å². The molecule has 2 N–H and O–H groups in total. The van der Waals surface area contributed by atoms with Gasteiger partial charge >= 0.3 is 6.36 Å². The van der Waals surface area contributed by atoms with Crippen molar-refractivity contribution in [2.45, 2.75) is 11.7 Å². The third kappa shape index (κ3) is 2.76. The SMILES string of the molecule is Nc1c(CBr)cncc1OC(F)(F)F. The summed E-state index contributed by atoms with van der Waals surface area (Å²) in [5.41, 5.74) is 5.80. The molecule has 0 spiro atoms. The van der Waals surface area contributed by atoms with Gasteiger partial charge in [-0.1, -0.05) is 15.9 Å². The van der Waals surface area contributed by atoms with E-state index in [1.165, 1.54) is 6.20 Å². The third-order valence-electron chi connectivity index (χ3n) is 1.40. The van der Waals surface area contributed by atoms with Gasteiger partial charge in [-0.2, -0.15) is 0 Å². The number of pyridine rings is 1. The lowest BCUT2D eigenvalue weighted by Gasteiger charge is -2.11. The van der Waals surface area contributed by atoms with Crippen molar-refractivity contribution in [2.24, 2.45) is 0 Å². The van der Waals surface area contributed by atoms with Crippen LogP contribution in [-0.4, -0.2) is 11.3 Å². The minimum atomic E-state index is -4.75. The number of aromatic nitrogens is 1. The van der Waals surface area contributed by atoms with Gasteiger partial charge in [0.1, 0.15) is 0 Å². The highest BCUT2D eigenvalue weighted by atomic mass is 79.9. The lowest BCUT2D eigenvalue weighted by Crippen LogP contribution is -2.18. The molecule has 14 heavy (non-hydrogen) atoms. The van der Waals surface area contributed by atoms with Crippen LogP contribution in [0.15, 0.2) is 12.4 Å². The largest absolute Gasteiger partial charge is 0.573 e. The average molecular weight is 271 g/mol. The van der Waals surface area contributed by atoms with Crippen molar-refractivity contribution >= 4 is 21.6 Å². The summed E-state index contributed by atoms with van der Waals surface area (Å²) >= 11 is 3.07. The Morgan fingerprint density at radius 2 is 2.07 bits per heavy atom. The number of nitrogen functional groups attached to an aromatic ring is 1. The lowest BCUT2D eigenvalue weighted by atomic mass is 10.2. The van der Waals surface area contributed by atoms with Gasteiger partial charge in [0.2, 0.25) is 0 Å². The van der Waals surface area contributed by atoms with Crippen LogP contribution in [0.5, 0.6) is 5.75 Å². The fourth-order valence-electron chi connectivity index (χ4n) is 0.805. The molecule has 0 saturated heterocycles. The monoisotopic (exact) mass is 270 g/mol. The minimum Gasteiger partial charge on any atom is -0.402 e. The maximum atomic E-state index is 11.8. The first kappa shape index (κ1) is 11.1. The molecule has 78 valence electrons. The maximum absolute atomic E-state index is 11.8. The molecule has 1 heterocycles. The van der Waals surface area contributed by atoms with E-state index in [9.17, 15) is 13.2 Å². The number of alkyl halides is 4. The Morgan fingerprint density at radius 1 is 1.43 bits per heavy atom. The molecule has 0 radical (unpaired) electrons. The number of hydrogen-bond acceptors (Lipinski definition) is 3. The standard InChI is InChI=1S/C7H6BrF3N2O/c8-1-4-2-13-3-5(6(4)12)14-7(9,10)11/h2-3H,1H2,(H2,12,13). The summed E-state index contributed by atoms with van der Waals surface area (Å²) in [7, 11) is 0. The fourth-order valence-corrected chi connectivity index (χ4v) is 1.25. The molecule has 3 nitrogen and oxygen atoms in total. The van der Waals surface area contributed by atoms with Crippen molar-refractivity contribution in [3.05, 3.63) is 18.0 Å². The Labute approximate surface area is 86.2 Å². The molecule has 1 aromatic rings. The first-order valence-electron chi connectivity index (χ1n) is 3.48. The van der Waals surface area contributed by atoms with Crippen molar-refractivity contribution in [1.82, 2.24) is 4.98 Å². The second-order valence-corrected chi connectivity index (χ2v) is 2.95. The summed E-state index contributed by atoms with van der Waals surface area (Å²) in [6, 6.07) is 0. The van der Waals surface area contributed by atoms with E-state index in [-0.39, 0.29) is 5.69 Å². The van der Waals surface area contributed by atoms with Gasteiger partial charge in [-0.25, -0.2) is 0 Å². The predicted octanol–water partition coefficient (Wildman–Crippen LogP) is 2.46. The molecule has 0 saturated carbocycles. The van der Waals surface area contributed by atoms with Gasteiger partial charge in [-0.3, -0.25) is 4.98 Å². The highest BCUT2D eigenvalue weighted by molar-refractivity contribution is 9.08. The van der Waals surface area contributed by atoms with Gasteiger partial charge in [0.25, 0.3) is 0 Å². The van der Waals surface area contributed by atoms with Gasteiger partial charge in [-0.05, 0) is 0 Å². The van der Waals surface area contributed by atoms with Crippen LogP contribution in [0.2, 0.25) is 0 Å². The highest BCUT2D eigenvalue weighted by Crippen LogP contribution is 2.30. The quantitative estimate of drug-likeness (QED) is 0.840. The number of anilines is 1. The van der Waals surface area contributed by atoms with Gasteiger partial charge in [0.15, 0.2) is 5.75 Å². The van der Waals surface area contributed by atoms with Crippen molar-refractivity contribution in [1.29, 1.82) is 0 Å². The molecule has 1 rings (SSSR count). The molecule has 0 aromatic carbocycles. The van der Waals surface area contributed by atoms with Crippen LogP contribution in [0.1, 0.15) is 5.56 Å². The summed E-state index contributed by atoms with van der Waals surface area (Å²) in [6.07, 6.45) is -2.46. The molecule has 0 atom stereocenters. The van der Waals surface area contributed by atoms with E-state index in [1.807, 2.05) is 0 Å². The van der Waals surface area contributed by atoms with E-state index in [2.05, 4.69) is 25.7 Å². The zero-order valence-electron chi connectivity index (χ0n) is 6.81. The van der Waals surface area contributed by atoms with Crippen LogP contribution >= 0.6 is 15.9 Å². The van der Waals surface area contributed by atoms with Crippen LogP contribution in [0.3, 0.4) is 0 Å². The highest BCUT2D eigenvalue weighted by Gasteiger charge is 2.32. The van der Waals surface area contributed by atoms with Crippen LogP contribution in [-0.2, 0) is 5.33 Å². The van der Waals surface area contributed by atoms with E-state index in [0.29, 0.717) is 10.9 Å². The number of ether oxygens (including phenoxy) is 1. The zero-order valence-corrected chi connectivity index (χ0v) is 8.39. The van der Waals surface area contributed by atoms with Crippen molar-refractivity contribution in [3.63, 3.8) is 0 Å². The van der Waals surface area contributed by atoms with E-state index >= 15 is 0 Å². The van der Waals surface area contributed by atoms with E-state index in [0.717, 1.165) is 6.20 Å². The number of halogens is 4. The topological polar surface area (TPSA) is 48.1 Å². The molecule has 0 amide bonds. The summed E-state index contributed by atoms with van der Waals surface area (Å²) in [5.74, 6) is -0.477. The second-order valence-electron chi connectivity index (χ2n) is 2.39. The molecular formula is C7H6BrF3N2O. The van der Waals surface area contributed by atoms with Crippen molar-refractivity contribution < 1.29 is 17.9 Å². The Bertz CT molecular complexity index is 329. The van der Waals surface area contributed by atoms with E-state index in [4.69, 9.17) is 5.73 Å². The number of rotatable bonds is 2. The Kier molecular flexibility index (Phi) is 3.20. The molecule has 0 aliphatic rings. The fraction of sp³-hybridized carbons (Fsp3) is 0.286. The Hall–Kier alpha value is -0.980. The first-order chi connectivity index (χ1) is 6.44. The smallest absolute Gasteiger partial charge is 0.402 e. The maximum Gasteiger partial charge on any atom is 0.573 e. The van der Waals surface area contributed by atoms with Gasteiger partial charge < -0.3 is 10.5 Å². The molecule has 0 unspecified atom stereocenters. The number of nitrogens with two attached hydrogens (primary N) is 1. The third-order valence-corrected chi connectivity index (χ3v) is 2.01. The van der Waals surface area contributed by atoms with Crippen LogP contribution in [0.4, 0.5) is 18.9 Å². The molecule has 0 aliphatic heterocycles. The molecular weight excluding hydrogens is 265 g/mol. The summed E-state index contributed by atoms with van der Waals surface area (Å²) in [5, 5.41) is 0.320. The van der Waals surface area contributed by atoms with Gasteiger partial charge in [0, 0.05) is 17.1 Å². The molecule has 1 aromatic heterocycles. The number of hydrogen-bond donors (Lipinski definition) is 1. The first-order valence-corrected chi connectivity index (χ1v) is 4.60. The molecule has 7 heteroatoms. The Morgan fingerprint density at radius 3 is 2.57 bits per heavy atom. The predicted molar refractivity (Wildman–Crippen MR) is 48.0 cm³/mol. The van der Waals surface area contributed by atoms with Gasteiger partial charge in [0.05, 0.1) is 11.9 Å². The summed E-state index contributed by atoms with van der Waals surface area (Å²) in [6.45, 7) is 0. The summed E-state index contributed by atoms with van der Waals surface area (Å²) < 4.78 is 39.2. The van der Waals surface area contributed by atoms with E-state index < -0.39 is 12.1 Å². The average Bonchev–Trinajstić information content (AvgIpc) is 2.06. The van der Waals surface area contributed by atoms with Crippen molar-refractivity contribution in [3.8, 4) is 5.75 Å². The molecule has 0 aliphatic carbocycles. The lowest BCUT2D eigenvalue weighted by molar-refractivity contribution is -0.274. The Balaban J connectivity index is 2.98.